The summed E-state index contributed by atoms with van der Waals surface area (Å²) in [6, 6.07) is 6.67. The van der Waals surface area contributed by atoms with Crippen molar-refractivity contribution in [1.29, 1.82) is 0 Å². The van der Waals surface area contributed by atoms with Crippen molar-refractivity contribution in [3.63, 3.8) is 0 Å². The first-order valence-electron chi connectivity index (χ1n) is 6.21. The molecular weight excluding hydrogens is 247 g/mol. The van der Waals surface area contributed by atoms with Crippen LogP contribution in [-0.2, 0) is 12.8 Å². The maximum absolute atomic E-state index is 13.1. The Hall–Kier alpha value is -1.19. The minimum Gasteiger partial charge on any atom is -0.383 e. The van der Waals surface area contributed by atoms with Crippen molar-refractivity contribution in [3.8, 4) is 0 Å². The molecule has 0 saturated carbocycles. The Morgan fingerprint density at radius 3 is 2.83 bits per heavy atom. The number of aryl methyl sites for hydroxylation is 3. The molecule has 1 aromatic heterocycles. The molecule has 3 rings (SSSR count). The summed E-state index contributed by atoms with van der Waals surface area (Å²) in [4.78, 5) is 2.39. The van der Waals surface area contributed by atoms with E-state index >= 15 is 0 Å². The zero-order valence-electron chi connectivity index (χ0n) is 10.2. The van der Waals surface area contributed by atoms with Crippen LogP contribution in [0.5, 0.6) is 0 Å². The van der Waals surface area contributed by atoms with Gasteiger partial charge in [0.25, 0.3) is 0 Å². The van der Waals surface area contributed by atoms with Crippen molar-refractivity contribution in [1.82, 2.24) is 0 Å². The van der Waals surface area contributed by atoms with Crippen molar-refractivity contribution < 1.29 is 9.50 Å². The van der Waals surface area contributed by atoms with Crippen LogP contribution in [0.2, 0.25) is 0 Å². The fraction of sp³-hybridized carbons (Fsp3) is 0.333. The molecule has 1 unspecified atom stereocenters. The minimum atomic E-state index is -0.624. The third-order valence-corrected chi connectivity index (χ3v) is 4.85. The van der Waals surface area contributed by atoms with Crippen molar-refractivity contribution in [2.75, 3.05) is 0 Å². The Kier molecular flexibility index (Phi) is 2.96. The van der Waals surface area contributed by atoms with Gasteiger partial charge < -0.3 is 5.11 Å². The number of hydrogen-bond donors (Lipinski definition) is 1. The average molecular weight is 262 g/mol. The van der Waals surface area contributed by atoms with E-state index in [0.717, 1.165) is 28.8 Å². The Bertz CT molecular complexity index is 567. The molecule has 2 aromatic rings. The van der Waals surface area contributed by atoms with Gasteiger partial charge >= 0.3 is 0 Å². The summed E-state index contributed by atoms with van der Waals surface area (Å²) in [5.74, 6) is -0.253. The van der Waals surface area contributed by atoms with Crippen LogP contribution in [-0.4, -0.2) is 5.11 Å². The lowest BCUT2D eigenvalue weighted by Gasteiger charge is -2.12. The predicted octanol–water partition coefficient (Wildman–Crippen LogP) is 3.77. The van der Waals surface area contributed by atoms with E-state index in [2.05, 4.69) is 6.07 Å². The largest absolute Gasteiger partial charge is 0.383 e. The van der Waals surface area contributed by atoms with E-state index in [9.17, 15) is 9.50 Å². The first-order chi connectivity index (χ1) is 8.65. The van der Waals surface area contributed by atoms with Gasteiger partial charge in [-0.05, 0) is 61.1 Å². The fourth-order valence-corrected chi connectivity index (χ4v) is 3.85. The van der Waals surface area contributed by atoms with E-state index in [1.807, 2.05) is 6.92 Å². The Balaban J connectivity index is 1.95. The van der Waals surface area contributed by atoms with Crippen LogP contribution in [0.4, 0.5) is 4.39 Å². The summed E-state index contributed by atoms with van der Waals surface area (Å²) in [5.41, 5.74) is 2.99. The van der Waals surface area contributed by atoms with E-state index in [0.29, 0.717) is 0 Å². The van der Waals surface area contributed by atoms with E-state index in [1.165, 1.54) is 29.0 Å². The highest BCUT2D eigenvalue weighted by atomic mass is 32.1. The maximum atomic E-state index is 13.1. The lowest BCUT2D eigenvalue weighted by molar-refractivity contribution is 0.223. The lowest BCUT2D eigenvalue weighted by atomic mass is 10.0. The molecule has 1 atom stereocenters. The topological polar surface area (TPSA) is 20.2 Å². The van der Waals surface area contributed by atoms with Crippen LogP contribution in [0.3, 0.4) is 0 Å². The van der Waals surface area contributed by atoms with Crippen molar-refractivity contribution in [2.24, 2.45) is 0 Å². The molecular formula is C15H15FOS. The van der Waals surface area contributed by atoms with Gasteiger partial charge in [-0.1, -0.05) is 6.07 Å². The van der Waals surface area contributed by atoms with Gasteiger partial charge in [0.1, 0.15) is 11.9 Å². The summed E-state index contributed by atoms with van der Waals surface area (Å²) in [5, 5.41) is 10.4. The highest BCUT2D eigenvalue weighted by molar-refractivity contribution is 7.12. The van der Waals surface area contributed by atoms with Crippen molar-refractivity contribution in [3.05, 3.63) is 56.5 Å². The zero-order chi connectivity index (χ0) is 12.7. The number of rotatable bonds is 2. The fourth-order valence-electron chi connectivity index (χ4n) is 2.59. The SMILES string of the molecule is Cc1cc(F)ccc1C(O)c1cc2c(s1)CCC2. The summed E-state index contributed by atoms with van der Waals surface area (Å²) >= 11 is 1.69. The van der Waals surface area contributed by atoms with E-state index < -0.39 is 6.10 Å². The molecule has 1 aliphatic rings. The second-order valence-electron chi connectivity index (χ2n) is 4.85. The first-order valence-corrected chi connectivity index (χ1v) is 7.02. The number of hydrogen-bond acceptors (Lipinski definition) is 2. The smallest absolute Gasteiger partial charge is 0.123 e. The van der Waals surface area contributed by atoms with Gasteiger partial charge in [0.2, 0.25) is 0 Å². The maximum Gasteiger partial charge on any atom is 0.123 e. The predicted molar refractivity (Wildman–Crippen MR) is 71.5 cm³/mol. The Morgan fingerprint density at radius 2 is 2.11 bits per heavy atom. The number of benzene rings is 1. The summed E-state index contributed by atoms with van der Waals surface area (Å²) in [7, 11) is 0. The van der Waals surface area contributed by atoms with Gasteiger partial charge in [0.05, 0.1) is 0 Å². The zero-order valence-corrected chi connectivity index (χ0v) is 11.1. The average Bonchev–Trinajstić information content (AvgIpc) is 2.87. The number of halogens is 1. The van der Waals surface area contributed by atoms with Crippen LogP contribution in [0.15, 0.2) is 24.3 Å². The van der Waals surface area contributed by atoms with Gasteiger partial charge in [-0.25, -0.2) is 4.39 Å². The Morgan fingerprint density at radius 1 is 1.28 bits per heavy atom. The number of thiophene rings is 1. The molecule has 18 heavy (non-hydrogen) atoms. The van der Waals surface area contributed by atoms with E-state index in [1.54, 1.807) is 17.4 Å². The number of fused-ring (bicyclic) bond motifs is 1. The lowest BCUT2D eigenvalue weighted by Crippen LogP contribution is -2.00. The molecule has 1 nitrogen and oxygen atoms in total. The number of aliphatic hydroxyl groups excluding tert-OH is 1. The van der Waals surface area contributed by atoms with Gasteiger partial charge in [0.15, 0.2) is 0 Å². The van der Waals surface area contributed by atoms with E-state index in [-0.39, 0.29) is 5.82 Å². The van der Waals surface area contributed by atoms with Crippen LogP contribution in [0.25, 0.3) is 0 Å². The number of aliphatic hydroxyl groups is 1. The van der Waals surface area contributed by atoms with Crippen LogP contribution in [0.1, 0.15) is 39.0 Å². The van der Waals surface area contributed by atoms with Crippen LogP contribution < -0.4 is 0 Å². The third kappa shape index (κ3) is 1.98. The normalized spacial score (nSPS) is 15.7. The molecule has 1 aromatic carbocycles. The van der Waals surface area contributed by atoms with Gasteiger partial charge in [-0.2, -0.15) is 0 Å². The highest BCUT2D eigenvalue weighted by Crippen LogP contribution is 2.36. The molecule has 0 amide bonds. The van der Waals surface area contributed by atoms with Crippen molar-refractivity contribution in [2.45, 2.75) is 32.3 Å². The van der Waals surface area contributed by atoms with Crippen molar-refractivity contribution >= 4 is 11.3 Å². The van der Waals surface area contributed by atoms with Gasteiger partial charge in [0, 0.05) is 9.75 Å². The van der Waals surface area contributed by atoms with Gasteiger partial charge in [-0.15, -0.1) is 11.3 Å². The summed E-state index contributed by atoms with van der Waals surface area (Å²) in [6.45, 7) is 1.84. The van der Waals surface area contributed by atoms with E-state index in [4.69, 9.17) is 0 Å². The molecule has 0 saturated heterocycles. The first kappa shape index (κ1) is 11.9. The monoisotopic (exact) mass is 262 g/mol. The summed E-state index contributed by atoms with van der Waals surface area (Å²) < 4.78 is 13.1. The summed E-state index contributed by atoms with van der Waals surface area (Å²) in [6.07, 6.45) is 2.87. The Labute approximate surface area is 110 Å². The highest BCUT2D eigenvalue weighted by Gasteiger charge is 2.20. The molecule has 94 valence electrons. The minimum absolute atomic E-state index is 0.253. The second kappa shape index (κ2) is 4.48. The van der Waals surface area contributed by atoms with Crippen LogP contribution >= 0.6 is 11.3 Å². The molecule has 0 bridgehead atoms. The molecule has 0 aliphatic heterocycles. The van der Waals surface area contributed by atoms with Crippen LogP contribution in [0, 0.1) is 12.7 Å². The molecule has 1 N–H and O–H groups in total. The van der Waals surface area contributed by atoms with Gasteiger partial charge in [-0.3, -0.25) is 0 Å². The quantitative estimate of drug-likeness (QED) is 0.873. The molecule has 0 fully saturated rings. The molecule has 1 aliphatic carbocycles. The molecule has 1 heterocycles. The second-order valence-corrected chi connectivity index (χ2v) is 6.02. The molecule has 3 heteroatoms. The molecule has 0 spiro atoms. The standard InChI is InChI=1S/C15H15FOS/c1-9-7-11(16)5-6-12(9)15(17)14-8-10-3-2-4-13(10)18-14/h5-8,15,17H,2-4H2,1H3. The third-order valence-electron chi connectivity index (χ3n) is 3.56. The molecule has 0 radical (unpaired) electrons.